The van der Waals surface area contributed by atoms with Crippen molar-refractivity contribution in [3.05, 3.63) is 0 Å². The van der Waals surface area contributed by atoms with Crippen molar-refractivity contribution in [3.63, 3.8) is 0 Å². The third-order valence-corrected chi connectivity index (χ3v) is 1.64. The fourth-order valence-electron chi connectivity index (χ4n) is 0.995. The zero-order chi connectivity index (χ0) is 8.59. The molecule has 4 atom stereocenters. The van der Waals surface area contributed by atoms with E-state index < -0.39 is 30.4 Å². The summed E-state index contributed by atoms with van der Waals surface area (Å²) in [6, 6.07) is 0. The van der Waals surface area contributed by atoms with Crippen molar-refractivity contribution in [3.8, 4) is 0 Å². The van der Waals surface area contributed by atoms with Crippen LogP contribution in [0.5, 0.6) is 0 Å². The number of hydrogen-bond donors (Lipinski definition) is 3. The van der Waals surface area contributed by atoms with Gasteiger partial charge in [0.2, 0.25) is 0 Å². The van der Waals surface area contributed by atoms with Crippen LogP contribution in [-0.2, 0) is 9.53 Å². The third-order valence-electron chi connectivity index (χ3n) is 1.64. The Bertz CT molecular complexity index is 168. The van der Waals surface area contributed by atoms with Gasteiger partial charge in [-0.3, -0.25) is 4.79 Å². The van der Waals surface area contributed by atoms with E-state index in [9.17, 15) is 4.79 Å². The molecule has 5 nitrogen and oxygen atoms in total. The molecular formula is C6H10O5. The van der Waals surface area contributed by atoms with Gasteiger partial charge in [-0.2, -0.15) is 0 Å². The number of carbonyl (C=O) groups excluding carboxylic acids is 1. The Labute approximate surface area is 63.2 Å². The van der Waals surface area contributed by atoms with E-state index in [-0.39, 0.29) is 0 Å². The summed E-state index contributed by atoms with van der Waals surface area (Å²) in [5, 5.41) is 26.8. The second-order valence-corrected chi connectivity index (χ2v) is 2.54. The van der Waals surface area contributed by atoms with Crippen LogP contribution in [-0.4, -0.2) is 45.7 Å². The monoisotopic (exact) mass is 162 g/mol. The summed E-state index contributed by atoms with van der Waals surface area (Å²) in [5.41, 5.74) is 0. The minimum Gasteiger partial charge on any atom is -0.387 e. The summed E-state index contributed by atoms with van der Waals surface area (Å²) in [5.74, 6) is -0.409. The van der Waals surface area contributed by atoms with Crippen LogP contribution in [0, 0.1) is 0 Å². The Kier molecular flexibility index (Phi) is 2.24. The summed E-state index contributed by atoms with van der Waals surface area (Å²) in [6.07, 6.45) is -5.26. The Hall–Kier alpha value is -0.490. The zero-order valence-electron chi connectivity index (χ0n) is 5.97. The lowest BCUT2D eigenvalue weighted by Gasteiger charge is -2.09. The van der Waals surface area contributed by atoms with Crippen molar-refractivity contribution < 1.29 is 24.9 Å². The number of ketones is 1. The average molecular weight is 162 g/mol. The van der Waals surface area contributed by atoms with Crippen molar-refractivity contribution in [2.45, 2.75) is 31.5 Å². The van der Waals surface area contributed by atoms with Crippen molar-refractivity contribution >= 4 is 5.78 Å². The molecule has 1 aliphatic rings. The highest BCUT2D eigenvalue weighted by Gasteiger charge is 2.43. The Morgan fingerprint density at radius 1 is 1.27 bits per heavy atom. The molecule has 1 aliphatic heterocycles. The number of carbonyl (C=O) groups is 1. The predicted molar refractivity (Wildman–Crippen MR) is 33.6 cm³/mol. The maximum atomic E-state index is 10.6. The van der Waals surface area contributed by atoms with Crippen molar-refractivity contribution in [2.24, 2.45) is 0 Å². The minimum absolute atomic E-state index is 0.409. The van der Waals surface area contributed by atoms with Gasteiger partial charge in [0.05, 0.1) is 0 Å². The van der Waals surface area contributed by atoms with Crippen molar-refractivity contribution in [1.82, 2.24) is 0 Å². The molecule has 0 aliphatic carbocycles. The molecule has 0 bridgehead atoms. The number of ether oxygens (including phenoxy) is 1. The molecule has 64 valence electrons. The standard InChI is InChI=1S/C6H10O5/c1-2(7)5-3(8)4(9)6(10)11-5/h3-6,8-10H,1H3/t3-,4-,5+,6?/m0/s1. The summed E-state index contributed by atoms with van der Waals surface area (Å²) in [6.45, 7) is 1.22. The van der Waals surface area contributed by atoms with E-state index in [1.165, 1.54) is 6.92 Å². The Morgan fingerprint density at radius 3 is 2.00 bits per heavy atom. The molecule has 0 spiro atoms. The number of aliphatic hydroxyl groups excluding tert-OH is 3. The van der Waals surface area contributed by atoms with Gasteiger partial charge in [0.15, 0.2) is 12.1 Å². The molecule has 0 amide bonds. The van der Waals surface area contributed by atoms with Crippen LogP contribution in [0.15, 0.2) is 0 Å². The molecule has 1 saturated heterocycles. The maximum absolute atomic E-state index is 10.6. The van der Waals surface area contributed by atoms with Crippen LogP contribution < -0.4 is 0 Å². The third kappa shape index (κ3) is 1.41. The van der Waals surface area contributed by atoms with E-state index in [0.29, 0.717) is 0 Å². The molecule has 0 aromatic rings. The van der Waals surface area contributed by atoms with E-state index in [2.05, 4.69) is 4.74 Å². The summed E-state index contributed by atoms with van der Waals surface area (Å²) < 4.78 is 4.55. The van der Waals surface area contributed by atoms with Gasteiger partial charge in [-0.05, 0) is 6.92 Å². The maximum Gasteiger partial charge on any atom is 0.184 e. The first-order chi connectivity index (χ1) is 5.04. The van der Waals surface area contributed by atoms with Gasteiger partial charge < -0.3 is 20.1 Å². The molecule has 0 radical (unpaired) electrons. The number of hydrogen-bond acceptors (Lipinski definition) is 5. The number of Topliss-reactive ketones (excluding diaryl/α,β-unsaturated/α-hetero) is 1. The van der Waals surface area contributed by atoms with Gasteiger partial charge >= 0.3 is 0 Å². The van der Waals surface area contributed by atoms with Crippen LogP contribution in [0.3, 0.4) is 0 Å². The molecule has 0 aromatic carbocycles. The molecule has 1 rings (SSSR count). The van der Waals surface area contributed by atoms with Crippen LogP contribution in [0.2, 0.25) is 0 Å². The fourth-order valence-corrected chi connectivity index (χ4v) is 0.995. The predicted octanol–water partition coefficient (Wildman–Crippen LogP) is -1.99. The zero-order valence-corrected chi connectivity index (χ0v) is 5.97. The fraction of sp³-hybridized carbons (Fsp3) is 0.833. The minimum atomic E-state index is -1.46. The summed E-state index contributed by atoms with van der Waals surface area (Å²) in [7, 11) is 0. The SMILES string of the molecule is CC(=O)[C@H]1OC(O)[C@@H](O)[C@@H]1O. The van der Waals surface area contributed by atoms with Gasteiger partial charge in [-0.25, -0.2) is 0 Å². The lowest BCUT2D eigenvalue weighted by Crippen LogP contribution is -2.35. The van der Waals surface area contributed by atoms with Gasteiger partial charge in [-0.15, -0.1) is 0 Å². The molecule has 0 aromatic heterocycles. The van der Waals surface area contributed by atoms with Gasteiger partial charge in [0.25, 0.3) is 0 Å². The van der Waals surface area contributed by atoms with Crippen molar-refractivity contribution in [1.29, 1.82) is 0 Å². The Morgan fingerprint density at radius 2 is 1.82 bits per heavy atom. The number of aliphatic hydroxyl groups is 3. The highest BCUT2D eigenvalue weighted by atomic mass is 16.6. The molecule has 1 fully saturated rings. The summed E-state index contributed by atoms with van der Waals surface area (Å²) in [4.78, 5) is 10.6. The van der Waals surface area contributed by atoms with E-state index in [1.54, 1.807) is 0 Å². The molecule has 11 heavy (non-hydrogen) atoms. The lowest BCUT2D eigenvalue weighted by molar-refractivity contribution is -0.147. The van der Waals surface area contributed by atoms with Crippen LogP contribution in [0.25, 0.3) is 0 Å². The first-order valence-corrected chi connectivity index (χ1v) is 3.24. The second-order valence-electron chi connectivity index (χ2n) is 2.54. The van der Waals surface area contributed by atoms with Crippen LogP contribution >= 0.6 is 0 Å². The largest absolute Gasteiger partial charge is 0.387 e. The van der Waals surface area contributed by atoms with E-state index in [1.807, 2.05) is 0 Å². The van der Waals surface area contributed by atoms with E-state index in [0.717, 1.165) is 0 Å². The normalized spacial score (nSPS) is 44.4. The Balaban J connectivity index is 2.67. The smallest absolute Gasteiger partial charge is 0.184 e. The first-order valence-electron chi connectivity index (χ1n) is 3.24. The average Bonchev–Trinajstić information content (AvgIpc) is 2.17. The first kappa shape index (κ1) is 8.61. The van der Waals surface area contributed by atoms with Crippen LogP contribution in [0.1, 0.15) is 6.92 Å². The highest BCUT2D eigenvalue weighted by Crippen LogP contribution is 2.19. The highest BCUT2D eigenvalue weighted by molar-refractivity contribution is 5.81. The van der Waals surface area contributed by atoms with Gasteiger partial charge in [-0.1, -0.05) is 0 Å². The lowest BCUT2D eigenvalue weighted by atomic mass is 10.1. The topological polar surface area (TPSA) is 87.0 Å². The molecule has 0 saturated carbocycles. The second kappa shape index (κ2) is 2.86. The molecular weight excluding hydrogens is 152 g/mol. The van der Waals surface area contributed by atoms with Crippen LogP contribution in [0.4, 0.5) is 0 Å². The molecule has 1 heterocycles. The quantitative estimate of drug-likeness (QED) is 0.415. The molecule has 1 unspecified atom stereocenters. The van der Waals surface area contributed by atoms with Crippen molar-refractivity contribution in [2.75, 3.05) is 0 Å². The summed E-state index contributed by atoms with van der Waals surface area (Å²) >= 11 is 0. The van der Waals surface area contributed by atoms with E-state index in [4.69, 9.17) is 15.3 Å². The van der Waals surface area contributed by atoms with Gasteiger partial charge in [0.1, 0.15) is 18.3 Å². The van der Waals surface area contributed by atoms with Gasteiger partial charge in [0, 0.05) is 0 Å². The number of rotatable bonds is 1. The molecule has 3 N–H and O–H groups in total. The molecule has 5 heteroatoms. The van der Waals surface area contributed by atoms with E-state index >= 15 is 0 Å².